The molecule has 0 unspecified atom stereocenters. The van der Waals surface area contributed by atoms with Gasteiger partial charge in [-0.15, -0.1) is 0 Å². The third kappa shape index (κ3) is 3.85. The maximum absolute atomic E-state index is 11.4. The van der Waals surface area contributed by atoms with Crippen molar-refractivity contribution in [3.63, 3.8) is 0 Å². The van der Waals surface area contributed by atoms with Crippen molar-refractivity contribution < 1.29 is 9.53 Å². The van der Waals surface area contributed by atoms with E-state index >= 15 is 0 Å². The van der Waals surface area contributed by atoms with Crippen molar-refractivity contribution in [2.75, 3.05) is 24.6 Å². The highest BCUT2D eigenvalue weighted by Gasteiger charge is 2.12. The molecule has 0 radical (unpaired) electrons. The lowest BCUT2D eigenvalue weighted by molar-refractivity contribution is -0.137. The molecule has 1 heterocycles. The molecule has 0 amide bonds. The van der Waals surface area contributed by atoms with Gasteiger partial charge < -0.3 is 9.64 Å². The number of benzene rings is 1. The average molecular weight is 259 g/mol. The largest absolute Gasteiger partial charge is 0.463 e. The van der Waals surface area contributed by atoms with E-state index in [9.17, 15) is 4.79 Å². The fraction of sp³-hybridized carbons (Fsp3) is 0.438. The lowest BCUT2D eigenvalue weighted by Gasteiger charge is -2.30. The number of carbonyl (C=O) groups is 1. The van der Waals surface area contributed by atoms with Crippen LogP contribution in [0, 0.1) is 0 Å². The van der Waals surface area contributed by atoms with Gasteiger partial charge in [0.25, 0.3) is 0 Å². The molecular weight excluding hydrogens is 238 g/mol. The highest BCUT2D eigenvalue weighted by atomic mass is 16.5. The Hall–Kier alpha value is -1.77. The molecule has 0 atom stereocenters. The summed E-state index contributed by atoms with van der Waals surface area (Å²) in [6.45, 7) is 4.43. The lowest BCUT2D eigenvalue weighted by Crippen LogP contribution is -2.29. The number of ether oxygens (including phenoxy) is 1. The standard InChI is InChI=1S/C16H21NO2/c1-2-19-16(18)11-10-14-8-4-5-9-15(14)17-12-6-3-7-13-17/h4-5,8-11H,2-3,6-7,12-13H2,1H3/b11-10+. The molecule has 0 spiro atoms. The van der Waals surface area contributed by atoms with Crippen molar-refractivity contribution in [2.24, 2.45) is 0 Å². The summed E-state index contributed by atoms with van der Waals surface area (Å²) in [6.07, 6.45) is 7.16. The molecule has 3 heteroatoms. The number of para-hydroxylation sites is 1. The number of anilines is 1. The van der Waals surface area contributed by atoms with Crippen LogP contribution in [0.15, 0.2) is 30.3 Å². The first-order chi connectivity index (χ1) is 9.31. The van der Waals surface area contributed by atoms with Crippen molar-refractivity contribution in [1.29, 1.82) is 0 Å². The van der Waals surface area contributed by atoms with E-state index in [2.05, 4.69) is 11.0 Å². The number of nitrogens with zero attached hydrogens (tertiary/aromatic N) is 1. The van der Waals surface area contributed by atoms with Gasteiger partial charge in [0.2, 0.25) is 0 Å². The SMILES string of the molecule is CCOC(=O)/C=C/c1ccccc1N1CCCCC1. The number of esters is 1. The Kier molecular flexibility index (Phi) is 5.01. The lowest BCUT2D eigenvalue weighted by atomic mass is 10.1. The van der Waals surface area contributed by atoms with Crippen LogP contribution < -0.4 is 4.90 Å². The molecule has 0 aliphatic carbocycles. The van der Waals surface area contributed by atoms with Crippen LogP contribution in [0.1, 0.15) is 31.7 Å². The summed E-state index contributed by atoms with van der Waals surface area (Å²) in [5.74, 6) is -0.282. The molecule has 1 saturated heterocycles. The van der Waals surface area contributed by atoms with Gasteiger partial charge in [0, 0.05) is 24.9 Å². The zero-order valence-electron chi connectivity index (χ0n) is 11.5. The molecule has 1 aromatic rings. The van der Waals surface area contributed by atoms with Crippen LogP contribution in [-0.2, 0) is 9.53 Å². The molecule has 1 aliphatic rings. The van der Waals surface area contributed by atoms with Crippen LogP contribution in [0.2, 0.25) is 0 Å². The quantitative estimate of drug-likeness (QED) is 0.614. The minimum Gasteiger partial charge on any atom is -0.463 e. The molecule has 0 saturated carbocycles. The van der Waals surface area contributed by atoms with E-state index < -0.39 is 0 Å². The van der Waals surface area contributed by atoms with Crippen LogP contribution >= 0.6 is 0 Å². The van der Waals surface area contributed by atoms with E-state index in [0.717, 1.165) is 18.7 Å². The van der Waals surface area contributed by atoms with E-state index in [-0.39, 0.29) is 5.97 Å². The number of rotatable bonds is 4. The van der Waals surface area contributed by atoms with Crippen molar-refractivity contribution in [1.82, 2.24) is 0 Å². The highest BCUT2D eigenvalue weighted by Crippen LogP contribution is 2.25. The van der Waals surface area contributed by atoms with Crippen molar-refractivity contribution in [2.45, 2.75) is 26.2 Å². The van der Waals surface area contributed by atoms with Crippen molar-refractivity contribution in [3.05, 3.63) is 35.9 Å². The zero-order valence-corrected chi connectivity index (χ0v) is 11.5. The van der Waals surface area contributed by atoms with Gasteiger partial charge in [0.1, 0.15) is 0 Å². The summed E-state index contributed by atoms with van der Waals surface area (Å²) in [5.41, 5.74) is 2.29. The van der Waals surface area contributed by atoms with Crippen molar-refractivity contribution in [3.8, 4) is 0 Å². The Morgan fingerprint density at radius 1 is 1.26 bits per heavy atom. The van der Waals surface area contributed by atoms with Gasteiger partial charge in [-0.3, -0.25) is 0 Å². The number of carbonyl (C=O) groups excluding carboxylic acids is 1. The van der Waals surface area contributed by atoms with Gasteiger partial charge in [-0.25, -0.2) is 4.79 Å². The molecule has 3 nitrogen and oxygen atoms in total. The third-order valence-electron chi connectivity index (χ3n) is 3.32. The Morgan fingerprint density at radius 3 is 2.74 bits per heavy atom. The maximum atomic E-state index is 11.4. The van der Waals surface area contributed by atoms with Crippen molar-refractivity contribution >= 4 is 17.7 Å². The fourth-order valence-electron chi connectivity index (χ4n) is 2.40. The molecule has 102 valence electrons. The van der Waals surface area contributed by atoms with Gasteiger partial charge in [-0.05, 0) is 43.9 Å². The minimum atomic E-state index is -0.282. The van der Waals surface area contributed by atoms with Crippen LogP contribution in [0.3, 0.4) is 0 Å². The molecule has 19 heavy (non-hydrogen) atoms. The van der Waals surface area contributed by atoms with Crippen LogP contribution in [0.25, 0.3) is 6.08 Å². The first-order valence-corrected chi connectivity index (χ1v) is 7.00. The number of piperidine rings is 1. The molecule has 0 N–H and O–H groups in total. The Bertz CT molecular complexity index is 448. The second-order valence-electron chi connectivity index (χ2n) is 4.69. The van der Waals surface area contributed by atoms with E-state index in [1.54, 1.807) is 0 Å². The van der Waals surface area contributed by atoms with Crippen LogP contribution in [0.5, 0.6) is 0 Å². The summed E-state index contributed by atoms with van der Waals surface area (Å²) >= 11 is 0. The van der Waals surface area contributed by atoms with Gasteiger partial charge in [0.05, 0.1) is 6.61 Å². The number of hydrogen-bond donors (Lipinski definition) is 0. The second kappa shape index (κ2) is 6.98. The minimum absolute atomic E-state index is 0.282. The molecule has 0 aromatic heterocycles. The Labute approximate surface area is 114 Å². The third-order valence-corrected chi connectivity index (χ3v) is 3.32. The van der Waals surface area contributed by atoms with Crippen LogP contribution in [0.4, 0.5) is 5.69 Å². The van der Waals surface area contributed by atoms with Crippen LogP contribution in [-0.4, -0.2) is 25.7 Å². The summed E-state index contributed by atoms with van der Waals surface area (Å²) < 4.78 is 4.91. The van der Waals surface area contributed by atoms with Gasteiger partial charge in [-0.2, -0.15) is 0 Å². The fourth-order valence-corrected chi connectivity index (χ4v) is 2.40. The molecule has 0 bridgehead atoms. The van der Waals surface area contributed by atoms with E-state index in [1.807, 2.05) is 31.2 Å². The van der Waals surface area contributed by atoms with Gasteiger partial charge >= 0.3 is 5.97 Å². The maximum Gasteiger partial charge on any atom is 0.330 e. The van der Waals surface area contributed by atoms with Gasteiger partial charge in [-0.1, -0.05) is 18.2 Å². The van der Waals surface area contributed by atoms with E-state index in [4.69, 9.17) is 4.74 Å². The predicted octanol–water partition coefficient (Wildman–Crippen LogP) is 3.25. The smallest absolute Gasteiger partial charge is 0.330 e. The molecule has 1 fully saturated rings. The first-order valence-electron chi connectivity index (χ1n) is 7.00. The topological polar surface area (TPSA) is 29.5 Å². The normalized spacial score (nSPS) is 15.7. The summed E-state index contributed by atoms with van der Waals surface area (Å²) in [6, 6.07) is 8.21. The zero-order chi connectivity index (χ0) is 13.5. The summed E-state index contributed by atoms with van der Waals surface area (Å²) in [7, 11) is 0. The first kappa shape index (κ1) is 13.7. The highest BCUT2D eigenvalue weighted by molar-refractivity contribution is 5.88. The Morgan fingerprint density at radius 2 is 2.00 bits per heavy atom. The number of hydrogen-bond acceptors (Lipinski definition) is 3. The Balaban J connectivity index is 2.13. The summed E-state index contributed by atoms with van der Waals surface area (Å²) in [5, 5.41) is 0. The monoisotopic (exact) mass is 259 g/mol. The average Bonchev–Trinajstić information content (AvgIpc) is 2.47. The predicted molar refractivity (Wildman–Crippen MR) is 78.2 cm³/mol. The summed E-state index contributed by atoms with van der Waals surface area (Å²) in [4.78, 5) is 13.8. The second-order valence-corrected chi connectivity index (χ2v) is 4.69. The molecular formula is C16H21NO2. The van der Waals surface area contributed by atoms with E-state index in [0.29, 0.717) is 6.61 Å². The molecule has 1 aromatic carbocycles. The molecule has 1 aliphatic heterocycles. The van der Waals surface area contributed by atoms with Gasteiger partial charge in [0.15, 0.2) is 0 Å². The van der Waals surface area contributed by atoms with E-state index in [1.165, 1.54) is 31.0 Å². The molecule has 2 rings (SSSR count).